The minimum Gasteiger partial charge on any atom is -0.506 e. The molecule has 2 aromatic carbocycles. The monoisotopic (exact) mass is 352 g/mol. The lowest BCUT2D eigenvalue weighted by atomic mass is 10.0. The number of carbonyl (C=O) groups excluding carboxylic acids is 1. The Morgan fingerprint density at radius 3 is 2.88 bits per heavy atom. The second kappa shape index (κ2) is 6.05. The maximum absolute atomic E-state index is 13.1. The third-order valence-corrected chi connectivity index (χ3v) is 4.84. The van der Waals surface area contributed by atoms with Crippen molar-refractivity contribution in [3.63, 3.8) is 0 Å². The first kappa shape index (κ1) is 15.9. The molecule has 4 rings (SSSR count). The molecular formula is C20H17ClN2O2. The van der Waals surface area contributed by atoms with Gasteiger partial charge in [-0.2, -0.15) is 0 Å². The Hall–Kier alpha value is -2.59. The molecule has 1 aromatic heterocycles. The lowest BCUT2D eigenvalue weighted by Crippen LogP contribution is -2.16. The molecule has 0 bridgehead atoms. The highest BCUT2D eigenvalue weighted by molar-refractivity contribution is 6.31. The van der Waals surface area contributed by atoms with Crippen molar-refractivity contribution in [3.05, 3.63) is 63.8 Å². The number of aromatic hydroxyl groups is 1. The fraction of sp³-hybridized carbons (Fsp3) is 0.200. The van der Waals surface area contributed by atoms with Crippen LogP contribution < -0.4 is 5.32 Å². The zero-order valence-electron chi connectivity index (χ0n) is 13.8. The lowest BCUT2D eigenvalue weighted by molar-refractivity contribution is 0.102. The molecule has 3 aromatic rings. The Morgan fingerprint density at radius 2 is 2.04 bits per heavy atom. The number of nitrogens with zero attached hydrogens (tertiary/aromatic N) is 1. The number of amides is 1. The fourth-order valence-electron chi connectivity index (χ4n) is 3.43. The molecule has 0 aliphatic heterocycles. The number of carbonyl (C=O) groups is 1. The van der Waals surface area contributed by atoms with Crippen LogP contribution in [0.2, 0.25) is 5.02 Å². The number of benzene rings is 2. The van der Waals surface area contributed by atoms with E-state index in [1.165, 1.54) is 0 Å². The van der Waals surface area contributed by atoms with E-state index in [2.05, 4.69) is 5.32 Å². The third-order valence-electron chi connectivity index (χ3n) is 4.60. The Labute approximate surface area is 150 Å². The zero-order valence-corrected chi connectivity index (χ0v) is 14.5. The highest BCUT2D eigenvalue weighted by atomic mass is 35.5. The normalized spacial score (nSPS) is 13.0. The Kier molecular flexibility index (Phi) is 3.85. The molecule has 126 valence electrons. The summed E-state index contributed by atoms with van der Waals surface area (Å²) in [6.07, 6.45) is 2.69. The number of phenolic OH excluding ortho intramolecular Hbond substituents is 1. The maximum Gasteiger partial charge on any atom is 0.256 e. The van der Waals surface area contributed by atoms with Crippen molar-refractivity contribution in [1.82, 2.24) is 4.98 Å². The molecule has 0 saturated heterocycles. The van der Waals surface area contributed by atoms with Gasteiger partial charge in [0.1, 0.15) is 5.75 Å². The summed E-state index contributed by atoms with van der Waals surface area (Å²) in [5, 5.41) is 14.2. The summed E-state index contributed by atoms with van der Waals surface area (Å²) < 4.78 is 0. The van der Waals surface area contributed by atoms with Gasteiger partial charge in [-0.25, -0.2) is 0 Å². The molecule has 0 radical (unpaired) electrons. The van der Waals surface area contributed by atoms with Gasteiger partial charge in [-0.15, -0.1) is 0 Å². The molecule has 1 aliphatic rings. The average molecular weight is 353 g/mol. The Bertz CT molecular complexity index is 1010. The van der Waals surface area contributed by atoms with Crippen molar-refractivity contribution in [3.8, 4) is 5.75 Å². The quantitative estimate of drug-likeness (QED) is 0.660. The fourth-order valence-corrected chi connectivity index (χ4v) is 3.60. The van der Waals surface area contributed by atoms with E-state index in [4.69, 9.17) is 16.6 Å². The van der Waals surface area contributed by atoms with Gasteiger partial charge < -0.3 is 10.4 Å². The predicted molar refractivity (Wildman–Crippen MR) is 99.6 cm³/mol. The Balaban J connectivity index is 1.86. The van der Waals surface area contributed by atoms with Crippen LogP contribution in [0.1, 0.15) is 33.6 Å². The smallest absolute Gasteiger partial charge is 0.256 e. The molecule has 0 unspecified atom stereocenters. The third kappa shape index (κ3) is 2.83. The van der Waals surface area contributed by atoms with Crippen molar-refractivity contribution in [1.29, 1.82) is 0 Å². The number of hydrogen-bond acceptors (Lipinski definition) is 3. The minimum absolute atomic E-state index is 0.0481. The van der Waals surface area contributed by atoms with Crippen molar-refractivity contribution < 1.29 is 9.90 Å². The summed E-state index contributed by atoms with van der Waals surface area (Å²) >= 11 is 6.15. The van der Waals surface area contributed by atoms with Gasteiger partial charge >= 0.3 is 0 Å². The molecule has 1 amide bonds. The molecule has 0 atom stereocenters. The summed E-state index contributed by atoms with van der Waals surface area (Å²) in [4.78, 5) is 17.8. The second-order valence-corrected chi connectivity index (χ2v) is 6.84. The van der Waals surface area contributed by atoms with Crippen LogP contribution >= 0.6 is 11.6 Å². The van der Waals surface area contributed by atoms with Gasteiger partial charge in [0.05, 0.1) is 16.8 Å². The second-order valence-electron chi connectivity index (χ2n) is 6.40. The molecule has 1 aliphatic carbocycles. The van der Waals surface area contributed by atoms with Gasteiger partial charge in [0.25, 0.3) is 5.91 Å². The van der Waals surface area contributed by atoms with E-state index in [1.54, 1.807) is 30.3 Å². The van der Waals surface area contributed by atoms with Crippen molar-refractivity contribution in [2.75, 3.05) is 5.32 Å². The number of phenols is 1. The number of halogens is 1. The van der Waals surface area contributed by atoms with E-state index in [1.807, 2.05) is 13.0 Å². The average Bonchev–Trinajstić information content (AvgIpc) is 3.03. The number of rotatable bonds is 2. The van der Waals surface area contributed by atoms with Gasteiger partial charge in [0.15, 0.2) is 0 Å². The predicted octanol–water partition coefficient (Wildman–Crippen LogP) is 4.64. The molecular weight excluding hydrogens is 336 g/mol. The van der Waals surface area contributed by atoms with E-state index in [-0.39, 0.29) is 11.7 Å². The van der Waals surface area contributed by atoms with Crippen LogP contribution in [0.5, 0.6) is 5.75 Å². The van der Waals surface area contributed by atoms with Crippen molar-refractivity contribution in [2.45, 2.75) is 26.2 Å². The maximum atomic E-state index is 13.1. The first-order valence-electron chi connectivity index (χ1n) is 8.25. The van der Waals surface area contributed by atoms with Gasteiger partial charge in [0, 0.05) is 16.1 Å². The molecule has 0 fully saturated rings. The van der Waals surface area contributed by atoms with Crippen LogP contribution in [0.15, 0.2) is 36.4 Å². The first-order chi connectivity index (χ1) is 12.0. The molecule has 0 spiro atoms. The van der Waals surface area contributed by atoms with Crippen LogP contribution in [0, 0.1) is 6.92 Å². The largest absolute Gasteiger partial charge is 0.506 e. The number of hydrogen-bond donors (Lipinski definition) is 2. The van der Waals surface area contributed by atoms with Gasteiger partial charge in [0.2, 0.25) is 0 Å². The first-order valence-corrected chi connectivity index (χ1v) is 8.63. The zero-order chi connectivity index (χ0) is 17.6. The number of pyridine rings is 1. The van der Waals surface area contributed by atoms with Crippen LogP contribution in [-0.2, 0) is 12.8 Å². The van der Waals surface area contributed by atoms with Crippen LogP contribution in [0.4, 0.5) is 5.69 Å². The molecule has 0 saturated carbocycles. The number of anilines is 1. The molecule has 5 heteroatoms. The summed E-state index contributed by atoms with van der Waals surface area (Å²) in [5.41, 5.74) is 4.71. The van der Waals surface area contributed by atoms with Gasteiger partial charge in [-0.1, -0.05) is 17.7 Å². The molecule has 25 heavy (non-hydrogen) atoms. The van der Waals surface area contributed by atoms with Crippen LogP contribution in [0.25, 0.3) is 10.9 Å². The molecule has 4 nitrogen and oxygen atoms in total. The highest BCUT2D eigenvalue weighted by Gasteiger charge is 2.24. The van der Waals surface area contributed by atoms with E-state index >= 15 is 0 Å². The summed E-state index contributed by atoms with van der Waals surface area (Å²) in [7, 11) is 0. The van der Waals surface area contributed by atoms with Crippen molar-refractivity contribution in [2.24, 2.45) is 0 Å². The number of fused-ring (bicyclic) bond motifs is 2. The standard InChI is InChI=1S/C20H17ClN2O2/c1-11-5-8-18(24)17(9-11)23-20(25)19-13-3-2-4-15(13)22-16-7-6-12(21)10-14(16)19/h5-10,24H,2-4H2,1H3,(H,23,25). The number of aromatic nitrogens is 1. The van der Waals surface area contributed by atoms with Gasteiger partial charge in [-0.05, 0) is 67.6 Å². The van der Waals surface area contributed by atoms with E-state index in [9.17, 15) is 9.90 Å². The lowest BCUT2D eigenvalue weighted by Gasteiger charge is -2.14. The summed E-state index contributed by atoms with van der Waals surface area (Å²) in [6.45, 7) is 1.91. The van der Waals surface area contributed by atoms with Crippen LogP contribution in [-0.4, -0.2) is 16.0 Å². The van der Waals surface area contributed by atoms with E-state index in [0.29, 0.717) is 16.3 Å². The topological polar surface area (TPSA) is 62.2 Å². The van der Waals surface area contributed by atoms with E-state index < -0.39 is 0 Å². The summed E-state index contributed by atoms with van der Waals surface area (Å²) in [6, 6.07) is 10.5. The Morgan fingerprint density at radius 1 is 1.20 bits per heavy atom. The van der Waals surface area contributed by atoms with E-state index in [0.717, 1.165) is 47.0 Å². The summed E-state index contributed by atoms with van der Waals surface area (Å²) in [5.74, 6) is -0.194. The van der Waals surface area contributed by atoms with Crippen LogP contribution in [0.3, 0.4) is 0 Å². The molecule has 2 N–H and O–H groups in total. The van der Waals surface area contributed by atoms with Crippen molar-refractivity contribution >= 4 is 34.1 Å². The number of nitrogens with one attached hydrogen (secondary N) is 1. The number of aryl methyl sites for hydroxylation is 2. The molecule has 1 heterocycles. The highest BCUT2D eigenvalue weighted by Crippen LogP contribution is 2.33. The van der Waals surface area contributed by atoms with Gasteiger partial charge in [-0.3, -0.25) is 9.78 Å². The SMILES string of the molecule is Cc1ccc(O)c(NC(=O)c2c3c(nc4ccc(Cl)cc24)CCC3)c1. The minimum atomic E-state index is -0.242.